The number of aliphatic hydroxyl groups excluding tert-OH is 2. The highest BCUT2D eigenvalue weighted by Gasteiger charge is 2.32. The maximum absolute atomic E-state index is 11.6. The maximum Gasteiger partial charge on any atom is 0.252 e. The molecule has 0 saturated heterocycles. The number of carbonyl (C=O) groups is 2. The van der Waals surface area contributed by atoms with Gasteiger partial charge < -0.3 is 29.5 Å². The summed E-state index contributed by atoms with van der Waals surface area (Å²) in [6.07, 6.45) is 0.678. The van der Waals surface area contributed by atoms with Crippen molar-refractivity contribution in [3.05, 3.63) is 95.5 Å². The van der Waals surface area contributed by atoms with Gasteiger partial charge in [-0.05, 0) is 11.1 Å². The van der Waals surface area contributed by atoms with E-state index in [-0.39, 0.29) is 11.8 Å². The van der Waals surface area contributed by atoms with Crippen molar-refractivity contribution in [1.29, 1.82) is 0 Å². The molecular weight excluding hydrogens is 412 g/mol. The van der Waals surface area contributed by atoms with E-state index >= 15 is 0 Å². The Labute approximate surface area is 186 Å². The number of rotatable bonds is 6. The van der Waals surface area contributed by atoms with Gasteiger partial charge in [0.25, 0.3) is 11.8 Å². The SMILES string of the molecule is COC1=CC(=O)N(Cc2ccccc2)[C@@H]1O.COC1=CC(=O)N(Cc2ccccc2)[C@@H]1O. The Hall–Kier alpha value is -3.62. The first-order valence-corrected chi connectivity index (χ1v) is 10.0. The average Bonchev–Trinajstić information content (AvgIpc) is 3.25. The van der Waals surface area contributed by atoms with Crippen molar-refractivity contribution >= 4 is 11.8 Å². The molecule has 0 spiro atoms. The molecule has 2 aromatic rings. The fourth-order valence-electron chi connectivity index (χ4n) is 3.32. The fourth-order valence-corrected chi connectivity index (χ4v) is 3.32. The molecule has 0 aliphatic carbocycles. The third-order valence-electron chi connectivity index (χ3n) is 5.06. The molecule has 2 atom stereocenters. The molecule has 0 fully saturated rings. The van der Waals surface area contributed by atoms with Crippen molar-refractivity contribution in [1.82, 2.24) is 9.80 Å². The summed E-state index contributed by atoms with van der Waals surface area (Å²) in [7, 11) is 2.88. The van der Waals surface area contributed by atoms with Crippen LogP contribution in [0, 0.1) is 0 Å². The lowest BCUT2D eigenvalue weighted by Crippen LogP contribution is -2.34. The molecule has 2 amide bonds. The normalized spacial score (nSPS) is 19.9. The topological polar surface area (TPSA) is 99.5 Å². The predicted molar refractivity (Wildman–Crippen MR) is 116 cm³/mol. The van der Waals surface area contributed by atoms with Gasteiger partial charge in [-0.15, -0.1) is 0 Å². The van der Waals surface area contributed by atoms with Gasteiger partial charge in [-0.25, -0.2) is 0 Å². The van der Waals surface area contributed by atoms with Crippen LogP contribution in [0.5, 0.6) is 0 Å². The van der Waals surface area contributed by atoms with Crippen LogP contribution in [-0.4, -0.2) is 58.5 Å². The van der Waals surface area contributed by atoms with Gasteiger partial charge >= 0.3 is 0 Å². The molecule has 0 saturated carbocycles. The van der Waals surface area contributed by atoms with Gasteiger partial charge in [-0.1, -0.05) is 60.7 Å². The van der Waals surface area contributed by atoms with Crippen molar-refractivity contribution < 1.29 is 29.3 Å². The summed E-state index contributed by atoms with van der Waals surface area (Å²) in [4.78, 5) is 25.8. The molecule has 8 heteroatoms. The molecule has 4 rings (SSSR count). The summed E-state index contributed by atoms with van der Waals surface area (Å²) in [6, 6.07) is 19.0. The molecule has 2 aliphatic rings. The number of methoxy groups -OCH3 is 2. The molecule has 8 nitrogen and oxygen atoms in total. The number of amides is 2. The Kier molecular flexibility index (Phi) is 7.64. The number of carbonyl (C=O) groups excluding carboxylic acids is 2. The van der Waals surface area contributed by atoms with Crippen molar-refractivity contribution in [2.45, 2.75) is 25.5 Å². The van der Waals surface area contributed by atoms with E-state index in [1.807, 2.05) is 60.7 Å². The lowest BCUT2D eigenvalue weighted by molar-refractivity contribution is -0.133. The minimum absolute atomic E-state index is 0.229. The smallest absolute Gasteiger partial charge is 0.252 e. The van der Waals surface area contributed by atoms with Crippen LogP contribution in [0.25, 0.3) is 0 Å². The zero-order valence-electron chi connectivity index (χ0n) is 17.9. The third kappa shape index (κ3) is 5.35. The van der Waals surface area contributed by atoms with Crippen LogP contribution in [0.15, 0.2) is 84.3 Å². The van der Waals surface area contributed by atoms with Crippen LogP contribution in [-0.2, 0) is 32.2 Å². The Morgan fingerprint density at radius 3 is 1.31 bits per heavy atom. The van der Waals surface area contributed by atoms with Crippen LogP contribution >= 0.6 is 0 Å². The maximum atomic E-state index is 11.6. The van der Waals surface area contributed by atoms with E-state index in [1.165, 1.54) is 36.2 Å². The highest BCUT2D eigenvalue weighted by molar-refractivity contribution is 5.91. The summed E-state index contributed by atoms with van der Waals surface area (Å²) in [5, 5.41) is 19.6. The first kappa shape index (κ1) is 23.1. The van der Waals surface area contributed by atoms with Crippen molar-refractivity contribution in [3.8, 4) is 0 Å². The van der Waals surface area contributed by atoms with Gasteiger partial charge in [0.1, 0.15) is 0 Å². The predicted octanol–water partition coefficient (Wildman–Crippen LogP) is 1.75. The van der Waals surface area contributed by atoms with E-state index in [2.05, 4.69) is 0 Å². The number of benzene rings is 2. The summed E-state index contributed by atoms with van der Waals surface area (Å²) in [5.41, 5.74) is 1.95. The Balaban J connectivity index is 0.000000181. The Morgan fingerprint density at radius 1 is 0.688 bits per heavy atom. The third-order valence-corrected chi connectivity index (χ3v) is 5.06. The molecule has 2 N–H and O–H groups in total. The van der Waals surface area contributed by atoms with E-state index in [9.17, 15) is 19.8 Å². The zero-order valence-corrected chi connectivity index (χ0v) is 17.9. The second-order valence-electron chi connectivity index (χ2n) is 7.15. The van der Waals surface area contributed by atoms with Crippen molar-refractivity contribution in [2.24, 2.45) is 0 Å². The van der Waals surface area contributed by atoms with Gasteiger partial charge in [0.2, 0.25) is 0 Å². The highest BCUT2D eigenvalue weighted by Crippen LogP contribution is 2.21. The Morgan fingerprint density at radius 2 is 1.03 bits per heavy atom. The molecule has 0 bridgehead atoms. The summed E-state index contributed by atoms with van der Waals surface area (Å²) < 4.78 is 9.82. The van der Waals surface area contributed by atoms with E-state index in [0.717, 1.165) is 11.1 Å². The summed E-state index contributed by atoms with van der Waals surface area (Å²) in [6.45, 7) is 0.758. The minimum Gasteiger partial charge on any atom is -0.496 e. The molecule has 32 heavy (non-hydrogen) atoms. The van der Waals surface area contributed by atoms with Gasteiger partial charge in [0.15, 0.2) is 24.0 Å². The molecule has 0 aromatic heterocycles. The molecule has 168 valence electrons. The van der Waals surface area contributed by atoms with E-state index in [1.54, 1.807) is 0 Å². The van der Waals surface area contributed by atoms with Crippen LogP contribution in [0.1, 0.15) is 11.1 Å². The number of nitrogens with zero attached hydrogens (tertiary/aromatic N) is 2. The van der Waals surface area contributed by atoms with E-state index in [0.29, 0.717) is 24.6 Å². The van der Waals surface area contributed by atoms with E-state index in [4.69, 9.17) is 9.47 Å². The van der Waals surface area contributed by atoms with Crippen LogP contribution in [0.2, 0.25) is 0 Å². The van der Waals surface area contributed by atoms with Gasteiger partial charge in [0, 0.05) is 25.2 Å². The number of hydrogen-bond acceptors (Lipinski definition) is 6. The second-order valence-corrected chi connectivity index (χ2v) is 7.15. The quantitative estimate of drug-likeness (QED) is 0.713. The lowest BCUT2D eigenvalue weighted by atomic mass is 10.2. The molecule has 2 aromatic carbocycles. The molecule has 0 unspecified atom stereocenters. The van der Waals surface area contributed by atoms with Crippen molar-refractivity contribution in [2.75, 3.05) is 14.2 Å². The molecule has 0 radical (unpaired) electrons. The highest BCUT2D eigenvalue weighted by atomic mass is 16.5. The summed E-state index contributed by atoms with van der Waals surface area (Å²) >= 11 is 0. The molecule has 2 aliphatic heterocycles. The number of ether oxygens (including phenoxy) is 2. The van der Waals surface area contributed by atoms with Gasteiger partial charge in [-0.2, -0.15) is 0 Å². The average molecular weight is 438 g/mol. The van der Waals surface area contributed by atoms with Crippen LogP contribution in [0.4, 0.5) is 0 Å². The van der Waals surface area contributed by atoms with E-state index < -0.39 is 12.5 Å². The molecular formula is C24H26N2O6. The van der Waals surface area contributed by atoms with Crippen LogP contribution < -0.4 is 0 Å². The monoisotopic (exact) mass is 438 g/mol. The molecule has 2 heterocycles. The Bertz CT molecular complexity index is 909. The zero-order chi connectivity index (χ0) is 23.1. The fraction of sp³-hybridized carbons (Fsp3) is 0.250. The second kappa shape index (κ2) is 10.6. The number of aliphatic hydroxyl groups is 2. The largest absolute Gasteiger partial charge is 0.496 e. The van der Waals surface area contributed by atoms with Crippen LogP contribution in [0.3, 0.4) is 0 Å². The van der Waals surface area contributed by atoms with Gasteiger partial charge in [-0.3, -0.25) is 9.59 Å². The lowest BCUT2D eigenvalue weighted by Gasteiger charge is -2.21. The number of hydrogen-bond donors (Lipinski definition) is 2. The first-order chi connectivity index (χ1) is 15.4. The first-order valence-electron chi connectivity index (χ1n) is 10.0. The van der Waals surface area contributed by atoms with Crippen molar-refractivity contribution in [3.63, 3.8) is 0 Å². The standard InChI is InChI=1S/2C12H13NO3/c2*1-16-10-7-11(14)13(12(10)15)8-9-5-3-2-4-6-9/h2*2-7,12,15H,8H2,1H3/t2*12-/m11/s1. The van der Waals surface area contributed by atoms with Gasteiger partial charge in [0.05, 0.1) is 14.2 Å². The summed E-state index contributed by atoms with van der Waals surface area (Å²) in [5.74, 6) is 0.128. The minimum atomic E-state index is -0.974.